The molecule has 0 unspecified atom stereocenters. The van der Waals surface area contributed by atoms with Crippen molar-refractivity contribution < 1.29 is 4.79 Å². The Balaban J connectivity index is 1.53. The molecule has 2 N–H and O–H groups in total. The molecule has 0 fully saturated rings. The molecule has 4 heteroatoms. The molecule has 0 atom stereocenters. The van der Waals surface area contributed by atoms with Crippen molar-refractivity contribution in [2.24, 2.45) is 0 Å². The summed E-state index contributed by atoms with van der Waals surface area (Å²) in [7, 11) is 0. The molecule has 3 nitrogen and oxygen atoms in total. The smallest absolute Gasteiger partial charge is 0.244 e. The first-order valence-corrected chi connectivity index (χ1v) is 7.80. The zero-order valence-electron chi connectivity index (χ0n) is 11.5. The van der Waals surface area contributed by atoms with Crippen LogP contribution in [0.15, 0.2) is 53.4 Å². The van der Waals surface area contributed by atoms with Gasteiger partial charge in [-0.05, 0) is 46.5 Å². The number of aromatic amines is 1. The Bertz CT molecular complexity index is 756. The van der Waals surface area contributed by atoms with Crippen LogP contribution in [0.2, 0.25) is 0 Å². The maximum absolute atomic E-state index is 11.7. The van der Waals surface area contributed by atoms with E-state index >= 15 is 0 Å². The van der Waals surface area contributed by atoms with Gasteiger partial charge in [-0.15, -0.1) is 0 Å². The summed E-state index contributed by atoms with van der Waals surface area (Å²) < 4.78 is 0. The molecule has 1 amide bonds. The Kier molecular flexibility index (Phi) is 4.17. The molecule has 0 bridgehead atoms. The summed E-state index contributed by atoms with van der Waals surface area (Å²) in [6.45, 7) is 0.634. The van der Waals surface area contributed by atoms with Crippen LogP contribution in [-0.2, 0) is 11.2 Å². The van der Waals surface area contributed by atoms with Gasteiger partial charge in [-0.25, -0.2) is 0 Å². The fourth-order valence-electron chi connectivity index (χ4n) is 2.26. The van der Waals surface area contributed by atoms with Gasteiger partial charge in [0.05, 0.1) is 0 Å². The summed E-state index contributed by atoms with van der Waals surface area (Å²) in [5, 5.41) is 8.14. The topological polar surface area (TPSA) is 44.9 Å². The van der Waals surface area contributed by atoms with E-state index in [1.54, 1.807) is 17.4 Å². The van der Waals surface area contributed by atoms with Gasteiger partial charge in [-0.3, -0.25) is 4.79 Å². The zero-order chi connectivity index (χ0) is 14.5. The number of hydrogen-bond acceptors (Lipinski definition) is 2. The fourth-order valence-corrected chi connectivity index (χ4v) is 2.89. The Morgan fingerprint density at radius 3 is 3.05 bits per heavy atom. The molecule has 0 aliphatic heterocycles. The van der Waals surface area contributed by atoms with Crippen LogP contribution < -0.4 is 5.32 Å². The van der Waals surface area contributed by atoms with E-state index in [2.05, 4.69) is 22.4 Å². The molecule has 106 valence electrons. The standard InChI is InChI=1S/C17H16N2OS/c20-17(6-5-13-8-10-21-12-13)18-9-7-14-11-19-16-4-2-1-3-15(14)16/h1-6,8,10-12,19H,7,9H2,(H,18,20)/b6-5+. The number of amides is 1. The van der Waals surface area contributed by atoms with E-state index < -0.39 is 0 Å². The second-order valence-electron chi connectivity index (χ2n) is 4.79. The minimum absolute atomic E-state index is 0.0546. The molecule has 2 heterocycles. The lowest BCUT2D eigenvalue weighted by atomic mass is 10.1. The van der Waals surface area contributed by atoms with Gasteiger partial charge in [0.15, 0.2) is 0 Å². The summed E-state index contributed by atoms with van der Waals surface area (Å²) >= 11 is 1.62. The zero-order valence-corrected chi connectivity index (χ0v) is 12.3. The van der Waals surface area contributed by atoms with E-state index in [1.807, 2.05) is 41.2 Å². The summed E-state index contributed by atoms with van der Waals surface area (Å²) in [6, 6.07) is 10.2. The van der Waals surface area contributed by atoms with Crippen molar-refractivity contribution in [2.45, 2.75) is 6.42 Å². The van der Waals surface area contributed by atoms with Gasteiger partial charge < -0.3 is 10.3 Å². The van der Waals surface area contributed by atoms with Crippen LogP contribution >= 0.6 is 11.3 Å². The van der Waals surface area contributed by atoms with E-state index in [0.29, 0.717) is 6.54 Å². The van der Waals surface area contributed by atoms with Crippen molar-refractivity contribution in [1.29, 1.82) is 0 Å². The Labute approximate surface area is 127 Å². The van der Waals surface area contributed by atoms with Crippen LogP contribution in [0.4, 0.5) is 0 Å². The molecular weight excluding hydrogens is 280 g/mol. The van der Waals surface area contributed by atoms with Gasteiger partial charge in [0, 0.05) is 29.7 Å². The number of thiophene rings is 1. The first-order chi connectivity index (χ1) is 10.3. The predicted octanol–water partition coefficient (Wildman–Crippen LogP) is 3.60. The molecule has 2 aromatic heterocycles. The molecular formula is C17H16N2OS. The molecule has 0 spiro atoms. The molecule has 21 heavy (non-hydrogen) atoms. The highest BCUT2D eigenvalue weighted by Crippen LogP contribution is 2.17. The number of H-pyrrole nitrogens is 1. The third-order valence-corrected chi connectivity index (χ3v) is 4.04. The first kappa shape index (κ1) is 13.6. The number of nitrogens with one attached hydrogen (secondary N) is 2. The number of benzene rings is 1. The van der Waals surface area contributed by atoms with Crippen molar-refractivity contribution in [3.63, 3.8) is 0 Å². The molecule has 1 aromatic carbocycles. The maximum atomic E-state index is 11.7. The Hall–Kier alpha value is -2.33. The molecule has 0 aliphatic rings. The minimum Gasteiger partial charge on any atom is -0.361 e. The molecule has 0 radical (unpaired) electrons. The highest BCUT2D eigenvalue weighted by Gasteiger charge is 2.03. The van der Waals surface area contributed by atoms with Gasteiger partial charge in [0.25, 0.3) is 0 Å². The Morgan fingerprint density at radius 1 is 1.29 bits per heavy atom. The number of aromatic nitrogens is 1. The molecule has 0 saturated heterocycles. The third kappa shape index (κ3) is 3.41. The largest absolute Gasteiger partial charge is 0.361 e. The quantitative estimate of drug-likeness (QED) is 0.694. The predicted molar refractivity (Wildman–Crippen MR) is 88.4 cm³/mol. The van der Waals surface area contributed by atoms with Gasteiger partial charge in [-0.1, -0.05) is 18.2 Å². The van der Waals surface area contributed by atoms with Gasteiger partial charge >= 0.3 is 0 Å². The lowest BCUT2D eigenvalue weighted by Crippen LogP contribution is -2.23. The lowest BCUT2D eigenvalue weighted by Gasteiger charge is -2.01. The van der Waals surface area contributed by atoms with E-state index in [0.717, 1.165) is 17.5 Å². The normalized spacial score (nSPS) is 11.2. The van der Waals surface area contributed by atoms with Gasteiger partial charge in [0.2, 0.25) is 5.91 Å². The van der Waals surface area contributed by atoms with Crippen molar-refractivity contribution in [3.8, 4) is 0 Å². The molecule has 0 saturated carbocycles. The van der Waals surface area contributed by atoms with Crippen LogP contribution in [0.3, 0.4) is 0 Å². The highest BCUT2D eigenvalue weighted by molar-refractivity contribution is 7.08. The number of fused-ring (bicyclic) bond motifs is 1. The van der Waals surface area contributed by atoms with E-state index in [4.69, 9.17) is 0 Å². The van der Waals surface area contributed by atoms with Crippen LogP contribution in [0.25, 0.3) is 17.0 Å². The minimum atomic E-state index is -0.0546. The Morgan fingerprint density at radius 2 is 2.19 bits per heavy atom. The van der Waals surface area contributed by atoms with Gasteiger partial charge in [0.1, 0.15) is 0 Å². The van der Waals surface area contributed by atoms with Crippen LogP contribution in [-0.4, -0.2) is 17.4 Å². The highest BCUT2D eigenvalue weighted by atomic mass is 32.1. The molecule has 3 aromatic rings. The number of carbonyl (C=O) groups is 1. The lowest BCUT2D eigenvalue weighted by molar-refractivity contribution is -0.116. The second kappa shape index (κ2) is 6.41. The van der Waals surface area contributed by atoms with Crippen molar-refractivity contribution in [3.05, 3.63) is 64.5 Å². The average molecular weight is 296 g/mol. The maximum Gasteiger partial charge on any atom is 0.244 e. The average Bonchev–Trinajstić information content (AvgIpc) is 3.15. The second-order valence-corrected chi connectivity index (χ2v) is 5.57. The SMILES string of the molecule is O=C(/C=C/c1ccsc1)NCCc1c[nH]c2ccccc12. The van der Waals surface area contributed by atoms with E-state index in [1.165, 1.54) is 10.9 Å². The number of carbonyl (C=O) groups excluding carboxylic acids is 1. The monoisotopic (exact) mass is 296 g/mol. The van der Waals surface area contributed by atoms with Crippen LogP contribution in [0.5, 0.6) is 0 Å². The third-order valence-electron chi connectivity index (χ3n) is 3.34. The number of para-hydroxylation sites is 1. The van der Waals surface area contributed by atoms with Gasteiger partial charge in [-0.2, -0.15) is 11.3 Å². The summed E-state index contributed by atoms with van der Waals surface area (Å²) in [4.78, 5) is 15.0. The molecule has 3 rings (SSSR count). The summed E-state index contributed by atoms with van der Waals surface area (Å²) in [6.07, 6.45) is 6.24. The van der Waals surface area contributed by atoms with Crippen molar-refractivity contribution >= 4 is 34.2 Å². The molecule has 0 aliphatic carbocycles. The van der Waals surface area contributed by atoms with Crippen LogP contribution in [0.1, 0.15) is 11.1 Å². The first-order valence-electron chi connectivity index (χ1n) is 6.86. The summed E-state index contributed by atoms with van der Waals surface area (Å²) in [5.41, 5.74) is 3.43. The summed E-state index contributed by atoms with van der Waals surface area (Å²) in [5.74, 6) is -0.0546. The van der Waals surface area contributed by atoms with Crippen molar-refractivity contribution in [1.82, 2.24) is 10.3 Å². The van der Waals surface area contributed by atoms with Crippen molar-refractivity contribution in [2.75, 3.05) is 6.54 Å². The van der Waals surface area contributed by atoms with E-state index in [9.17, 15) is 4.79 Å². The fraction of sp³-hybridized carbons (Fsp3) is 0.118. The number of rotatable bonds is 5. The number of hydrogen-bond donors (Lipinski definition) is 2. The van der Waals surface area contributed by atoms with E-state index in [-0.39, 0.29) is 5.91 Å². The van der Waals surface area contributed by atoms with Crippen LogP contribution in [0, 0.1) is 0 Å².